The predicted octanol–water partition coefficient (Wildman–Crippen LogP) is 3.38. The van der Waals surface area contributed by atoms with Gasteiger partial charge in [0, 0.05) is 4.47 Å². The Hall–Kier alpha value is -0.0500. The SMILES string of the molecule is NCCCCc1ccc(Cl)c(Br)c1. The Bertz CT molecular complexity index is 276. The van der Waals surface area contributed by atoms with E-state index in [1.54, 1.807) is 0 Å². The van der Waals surface area contributed by atoms with Gasteiger partial charge >= 0.3 is 0 Å². The van der Waals surface area contributed by atoms with Crippen LogP contribution in [-0.4, -0.2) is 6.54 Å². The Balaban J connectivity index is 2.53. The fourth-order valence-electron chi connectivity index (χ4n) is 1.17. The lowest BCUT2D eigenvalue weighted by molar-refractivity contribution is 0.744. The molecule has 0 aliphatic rings. The Kier molecular flexibility index (Phi) is 4.78. The van der Waals surface area contributed by atoms with E-state index in [1.807, 2.05) is 6.07 Å². The van der Waals surface area contributed by atoms with Crippen molar-refractivity contribution in [2.75, 3.05) is 6.54 Å². The largest absolute Gasteiger partial charge is 0.330 e. The van der Waals surface area contributed by atoms with E-state index in [-0.39, 0.29) is 0 Å². The van der Waals surface area contributed by atoms with Crippen molar-refractivity contribution in [3.05, 3.63) is 33.3 Å². The van der Waals surface area contributed by atoms with Gasteiger partial charge < -0.3 is 5.73 Å². The van der Waals surface area contributed by atoms with Crippen molar-refractivity contribution >= 4 is 27.5 Å². The first-order valence-electron chi connectivity index (χ1n) is 4.38. The van der Waals surface area contributed by atoms with E-state index in [0.717, 1.165) is 35.3 Å². The number of halogens is 2. The second kappa shape index (κ2) is 5.63. The van der Waals surface area contributed by atoms with Crippen LogP contribution in [0, 0.1) is 0 Å². The maximum atomic E-state index is 5.88. The summed E-state index contributed by atoms with van der Waals surface area (Å²) in [7, 11) is 0. The maximum Gasteiger partial charge on any atom is 0.0548 e. The molecular formula is C10H13BrClN. The number of unbranched alkanes of at least 4 members (excludes halogenated alkanes) is 1. The van der Waals surface area contributed by atoms with Gasteiger partial charge in [-0.3, -0.25) is 0 Å². The van der Waals surface area contributed by atoms with Crippen molar-refractivity contribution in [3.8, 4) is 0 Å². The Morgan fingerprint density at radius 2 is 2.08 bits per heavy atom. The molecule has 0 saturated carbocycles. The average Bonchev–Trinajstić information content (AvgIpc) is 2.12. The van der Waals surface area contributed by atoms with Crippen molar-refractivity contribution < 1.29 is 0 Å². The molecule has 3 heteroatoms. The lowest BCUT2D eigenvalue weighted by Gasteiger charge is -2.02. The minimum absolute atomic E-state index is 0.766. The van der Waals surface area contributed by atoms with Gasteiger partial charge in [0.15, 0.2) is 0 Å². The summed E-state index contributed by atoms with van der Waals surface area (Å²) >= 11 is 9.27. The first kappa shape index (κ1) is 11.0. The smallest absolute Gasteiger partial charge is 0.0548 e. The summed E-state index contributed by atoms with van der Waals surface area (Å²) in [5.41, 5.74) is 6.73. The summed E-state index contributed by atoms with van der Waals surface area (Å²) in [6.45, 7) is 0.773. The van der Waals surface area contributed by atoms with Gasteiger partial charge in [-0.25, -0.2) is 0 Å². The molecular weight excluding hydrogens is 249 g/mol. The minimum atomic E-state index is 0.766. The highest BCUT2D eigenvalue weighted by Crippen LogP contribution is 2.23. The Labute approximate surface area is 92.4 Å². The molecule has 1 aromatic carbocycles. The molecule has 1 aromatic rings. The van der Waals surface area contributed by atoms with E-state index in [9.17, 15) is 0 Å². The second-order valence-corrected chi connectivity index (χ2v) is 4.26. The highest BCUT2D eigenvalue weighted by atomic mass is 79.9. The van der Waals surface area contributed by atoms with Gasteiger partial charge in [0.25, 0.3) is 0 Å². The third kappa shape index (κ3) is 3.67. The van der Waals surface area contributed by atoms with Crippen LogP contribution in [-0.2, 0) is 6.42 Å². The Morgan fingerprint density at radius 3 is 2.69 bits per heavy atom. The number of nitrogens with two attached hydrogens (primary N) is 1. The van der Waals surface area contributed by atoms with Crippen LogP contribution >= 0.6 is 27.5 Å². The summed E-state index contributed by atoms with van der Waals surface area (Å²) < 4.78 is 0.972. The van der Waals surface area contributed by atoms with E-state index in [2.05, 4.69) is 28.1 Å². The highest BCUT2D eigenvalue weighted by Gasteiger charge is 1.98. The van der Waals surface area contributed by atoms with Crippen molar-refractivity contribution in [1.82, 2.24) is 0 Å². The normalized spacial score (nSPS) is 10.4. The fourth-order valence-corrected chi connectivity index (χ4v) is 1.71. The lowest BCUT2D eigenvalue weighted by atomic mass is 10.1. The van der Waals surface area contributed by atoms with Crippen LogP contribution < -0.4 is 5.73 Å². The molecule has 1 rings (SSSR count). The molecule has 0 radical (unpaired) electrons. The first-order valence-corrected chi connectivity index (χ1v) is 5.55. The summed E-state index contributed by atoms with van der Waals surface area (Å²) in [5, 5.41) is 0.766. The van der Waals surface area contributed by atoms with E-state index in [1.165, 1.54) is 5.56 Å². The summed E-state index contributed by atoms with van der Waals surface area (Å²) in [5.74, 6) is 0. The maximum absolute atomic E-state index is 5.88. The molecule has 0 amide bonds. The molecule has 0 aliphatic carbocycles. The van der Waals surface area contributed by atoms with Gasteiger partial charge in [0.05, 0.1) is 5.02 Å². The summed E-state index contributed by atoms with van der Waals surface area (Å²) in [6.07, 6.45) is 3.30. The minimum Gasteiger partial charge on any atom is -0.330 e. The Morgan fingerprint density at radius 1 is 1.31 bits per heavy atom. The fraction of sp³-hybridized carbons (Fsp3) is 0.400. The van der Waals surface area contributed by atoms with E-state index in [0.29, 0.717) is 0 Å². The number of rotatable bonds is 4. The monoisotopic (exact) mass is 261 g/mol. The van der Waals surface area contributed by atoms with Crippen LogP contribution in [0.5, 0.6) is 0 Å². The molecule has 72 valence electrons. The molecule has 0 bridgehead atoms. The third-order valence-electron chi connectivity index (χ3n) is 1.90. The van der Waals surface area contributed by atoms with Crippen LogP contribution in [0.1, 0.15) is 18.4 Å². The van der Waals surface area contributed by atoms with Crippen molar-refractivity contribution in [2.45, 2.75) is 19.3 Å². The quantitative estimate of drug-likeness (QED) is 0.827. The van der Waals surface area contributed by atoms with Gasteiger partial charge in [-0.05, 0) is 59.4 Å². The van der Waals surface area contributed by atoms with Crippen LogP contribution in [0.15, 0.2) is 22.7 Å². The zero-order chi connectivity index (χ0) is 9.68. The van der Waals surface area contributed by atoms with Crippen LogP contribution in [0.2, 0.25) is 5.02 Å². The highest BCUT2D eigenvalue weighted by molar-refractivity contribution is 9.10. The first-order chi connectivity index (χ1) is 6.24. The molecule has 1 nitrogen and oxygen atoms in total. The van der Waals surface area contributed by atoms with Gasteiger partial charge in [0.1, 0.15) is 0 Å². The zero-order valence-corrected chi connectivity index (χ0v) is 9.74. The van der Waals surface area contributed by atoms with Gasteiger partial charge in [-0.2, -0.15) is 0 Å². The zero-order valence-electron chi connectivity index (χ0n) is 7.39. The van der Waals surface area contributed by atoms with Gasteiger partial charge in [-0.1, -0.05) is 17.7 Å². The predicted molar refractivity (Wildman–Crippen MR) is 61.1 cm³/mol. The molecule has 0 aliphatic heterocycles. The lowest BCUT2D eigenvalue weighted by Crippen LogP contribution is -1.98. The number of aryl methyl sites for hydroxylation is 1. The molecule has 0 heterocycles. The topological polar surface area (TPSA) is 26.0 Å². The summed E-state index contributed by atoms with van der Waals surface area (Å²) in [4.78, 5) is 0. The van der Waals surface area contributed by atoms with Crippen LogP contribution in [0.3, 0.4) is 0 Å². The van der Waals surface area contributed by atoms with Gasteiger partial charge in [-0.15, -0.1) is 0 Å². The number of benzene rings is 1. The van der Waals surface area contributed by atoms with E-state index < -0.39 is 0 Å². The molecule has 2 N–H and O–H groups in total. The van der Waals surface area contributed by atoms with Crippen LogP contribution in [0.4, 0.5) is 0 Å². The third-order valence-corrected chi connectivity index (χ3v) is 3.12. The molecule has 0 unspecified atom stereocenters. The number of hydrogen-bond donors (Lipinski definition) is 1. The van der Waals surface area contributed by atoms with Crippen molar-refractivity contribution in [1.29, 1.82) is 0 Å². The molecule has 0 atom stereocenters. The number of hydrogen-bond acceptors (Lipinski definition) is 1. The standard InChI is InChI=1S/C10H13BrClN/c11-9-7-8(3-1-2-6-13)4-5-10(9)12/h4-5,7H,1-3,6,13H2. The molecule has 0 aromatic heterocycles. The van der Waals surface area contributed by atoms with Crippen LogP contribution in [0.25, 0.3) is 0 Å². The van der Waals surface area contributed by atoms with Gasteiger partial charge in [0.2, 0.25) is 0 Å². The molecule has 0 spiro atoms. The molecule has 13 heavy (non-hydrogen) atoms. The van der Waals surface area contributed by atoms with Crippen molar-refractivity contribution in [2.24, 2.45) is 5.73 Å². The second-order valence-electron chi connectivity index (χ2n) is 2.99. The average molecular weight is 263 g/mol. The van der Waals surface area contributed by atoms with Crippen molar-refractivity contribution in [3.63, 3.8) is 0 Å². The molecule has 0 saturated heterocycles. The van der Waals surface area contributed by atoms with E-state index in [4.69, 9.17) is 17.3 Å². The summed E-state index contributed by atoms with van der Waals surface area (Å²) in [6, 6.07) is 6.05. The molecule has 0 fully saturated rings. The van der Waals surface area contributed by atoms with E-state index >= 15 is 0 Å².